The van der Waals surface area contributed by atoms with E-state index in [1.54, 1.807) is 11.9 Å². The summed E-state index contributed by atoms with van der Waals surface area (Å²) in [7, 11) is 1.63. The highest BCUT2D eigenvalue weighted by Crippen LogP contribution is 2.01. The lowest BCUT2D eigenvalue weighted by molar-refractivity contribution is -0.134. The molecule has 0 aromatic rings. The Balaban J connectivity index is 4.32. The van der Waals surface area contributed by atoms with E-state index < -0.39 is 11.9 Å². The number of hydrogen-bond donors (Lipinski definition) is 2. The van der Waals surface area contributed by atoms with Crippen LogP contribution in [0.1, 0.15) is 33.1 Å². The van der Waals surface area contributed by atoms with E-state index in [0.29, 0.717) is 0 Å². The Morgan fingerprint density at radius 1 is 1.25 bits per heavy atom. The van der Waals surface area contributed by atoms with Crippen LogP contribution in [0.2, 0.25) is 0 Å². The molecule has 0 bridgehead atoms. The molecule has 1 atom stereocenters. The summed E-state index contributed by atoms with van der Waals surface area (Å²) in [5.74, 6) is -0.495. The van der Waals surface area contributed by atoms with Gasteiger partial charge in [0.15, 0.2) is 0 Å². The molecule has 0 spiro atoms. The largest absolute Gasteiger partial charge is 0.368 e. The maximum atomic E-state index is 11.9. The number of nitrogens with two attached hydrogens (primary N) is 1. The van der Waals surface area contributed by atoms with Gasteiger partial charge in [0.25, 0.3) is 0 Å². The third-order valence-corrected chi connectivity index (χ3v) is 2.41. The average Bonchev–Trinajstić information content (AvgIpc) is 2.24. The SMILES string of the molecule is CCCN(CCC)C(=O)CC(NC)C(N)=O. The number of primary amides is 1. The molecule has 0 aliphatic carbocycles. The summed E-state index contributed by atoms with van der Waals surface area (Å²) in [6, 6.07) is -0.566. The Bertz CT molecular complexity index is 225. The van der Waals surface area contributed by atoms with Crippen molar-refractivity contribution >= 4 is 11.8 Å². The van der Waals surface area contributed by atoms with E-state index >= 15 is 0 Å². The van der Waals surface area contributed by atoms with E-state index in [1.165, 1.54) is 0 Å². The van der Waals surface area contributed by atoms with Crippen molar-refractivity contribution in [3.8, 4) is 0 Å². The van der Waals surface area contributed by atoms with Crippen LogP contribution in [0.4, 0.5) is 0 Å². The van der Waals surface area contributed by atoms with Gasteiger partial charge in [-0.3, -0.25) is 9.59 Å². The highest BCUT2D eigenvalue weighted by molar-refractivity contribution is 5.87. The maximum absolute atomic E-state index is 11.9. The van der Waals surface area contributed by atoms with Gasteiger partial charge in [-0.15, -0.1) is 0 Å². The van der Waals surface area contributed by atoms with Gasteiger partial charge in [-0.1, -0.05) is 13.8 Å². The summed E-state index contributed by atoms with van der Waals surface area (Å²) in [6.45, 7) is 5.53. The van der Waals surface area contributed by atoms with Gasteiger partial charge in [0.1, 0.15) is 0 Å². The molecule has 2 amide bonds. The molecule has 0 aliphatic heterocycles. The van der Waals surface area contributed by atoms with Crippen molar-refractivity contribution < 1.29 is 9.59 Å². The van der Waals surface area contributed by atoms with Gasteiger partial charge in [-0.25, -0.2) is 0 Å². The molecule has 16 heavy (non-hydrogen) atoms. The summed E-state index contributed by atoms with van der Waals surface area (Å²) < 4.78 is 0. The molecule has 0 saturated carbocycles. The molecule has 1 unspecified atom stereocenters. The Morgan fingerprint density at radius 3 is 2.06 bits per heavy atom. The van der Waals surface area contributed by atoms with Crippen molar-refractivity contribution in [1.82, 2.24) is 10.2 Å². The van der Waals surface area contributed by atoms with Gasteiger partial charge in [0, 0.05) is 13.1 Å². The Kier molecular flexibility index (Phi) is 7.54. The summed E-state index contributed by atoms with van der Waals surface area (Å²) in [5, 5.41) is 2.75. The first-order chi connectivity index (χ1) is 7.56. The Labute approximate surface area is 97.4 Å². The van der Waals surface area contributed by atoms with Crippen LogP contribution >= 0.6 is 0 Å². The lowest BCUT2D eigenvalue weighted by Crippen LogP contribution is -2.44. The van der Waals surface area contributed by atoms with Gasteiger partial charge in [-0.05, 0) is 19.9 Å². The van der Waals surface area contributed by atoms with E-state index in [0.717, 1.165) is 25.9 Å². The molecule has 3 N–H and O–H groups in total. The van der Waals surface area contributed by atoms with Crippen LogP contribution in [0, 0.1) is 0 Å². The van der Waals surface area contributed by atoms with E-state index in [9.17, 15) is 9.59 Å². The highest BCUT2D eigenvalue weighted by atomic mass is 16.2. The van der Waals surface area contributed by atoms with Crippen LogP contribution in [-0.2, 0) is 9.59 Å². The zero-order valence-electron chi connectivity index (χ0n) is 10.5. The normalized spacial score (nSPS) is 12.2. The lowest BCUT2D eigenvalue weighted by atomic mass is 10.1. The summed E-state index contributed by atoms with van der Waals surface area (Å²) in [5.41, 5.74) is 5.17. The van der Waals surface area contributed by atoms with Crippen LogP contribution < -0.4 is 11.1 Å². The number of hydrogen-bond acceptors (Lipinski definition) is 3. The smallest absolute Gasteiger partial charge is 0.235 e. The second kappa shape index (κ2) is 8.10. The topological polar surface area (TPSA) is 75.4 Å². The van der Waals surface area contributed by atoms with Gasteiger partial charge in [0.05, 0.1) is 12.5 Å². The summed E-state index contributed by atoms with van der Waals surface area (Å²) in [4.78, 5) is 24.7. The van der Waals surface area contributed by atoms with Crippen molar-refractivity contribution in [3.05, 3.63) is 0 Å². The molecular formula is C11H23N3O2. The molecule has 0 aromatic heterocycles. The third-order valence-electron chi connectivity index (χ3n) is 2.41. The molecule has 0 rings (SSSR count). The minimum atomic E-state index is -0.566. The first kappa shape index (κ1) is 14.9. The van der Waals surface area contributed by atoms with Crippen molar-refractivity contribution in [2.24, 2.45) is 5.73 Å². The molecule has 94 valence electrons. The van der Waals surface area contributed by atoms with Gasteiger partial charge < -0.3 is 16.0 Å². The van der Waals surface area contributed by atoms with Gasteiger partial charge in [-0.2, -0.15) is 0 Å². The summed E-state index contributed by atoms with van der Waals surface area (Å²) >= 11 is 0. The number of amides is 2. The standard InChI is InChI=1S/C11H23N3O2/c1-4-6-14(7-5-2)10(15)8-9(13-3)11(12)16/h9,13H,4-8H2,1-3H3,(H2,12,16). The summed E-state index contributed by atoms with van der Waals surface area (Å²) in [6.07, 6.45) is 1.99. The van der Waals surface area contributed by atoms with Crippen molar-refractivity contribution in [3.63, 3.8) is 0 Å². The van der Waals surface area contributed by atoms with E-state index in [2.05, 4.69) is 5.32 Å². The molecule has 5 heteroatoms. The average molecular weight is 229 g/mol. The van der Waals surface area contributed by atoms with E-state index in [1.807, 2.05) is 13.8 Å². The van der Waals surface area contributed by atoms with Crippen LogP contribution in [0.5, 0.6) is 0 Å². The van der Waals surface area contributed by atoms with Crippen molar-refractivity contribution in [1.29, 1.82) is 0 Å². The number of rotatable bonds is 8. The Morgan fingerprint density at radius 2 is 1.75 bits per heavy atom. The third kappa shape index (κ3) is 5.11. The Hall–Kier alpha value is -1.10. The van der Waals surface area contributed by atoms with Crippen molar-refractivity contribution in [2.75, 3.05) is 20.1 Å². The van der Waals surface area contributed by atoms with Crippen LogP contribution in [-0.4, -0.2) is 42.9 Å². The zero-order valence-corrected chi connectivity index (χ0v) is 10.5. The van der Waals surface area contributed by atoms with E-state index in [4.69, 9.17) is 5.73 Å². The fourth-order valence-electron chi connectivity index (χ4n) is 1.55. The second-order valence-corrected chi connectivity index (χ2v) is 3.83. The molecule has 0 aromatic carbocycles. The van der Waals surface area contributed by atoms with Crippen molar-refractivity contribution in [2.45, 2.75) is 39.2 Å². The molecule has 0 fully saturated rings. The monoisotopic (exact) mass is 229 g/mol. The second-order valence-electron chi connectivity index (χ2n) is 3.83. The fraction of sp³-hybridized carbons (Fsp3) is 0.818. The lowest BCUT2D eigenvalue weighted by Gasteiger charge is -2.23. The van der Waals surface area contributed by atoms with Gasteiger partial charge in [0.2, 0.25) is 11.8 Å². The predicted octanol–water partition coefficient (Wildman–Crippen LogP) is 0.0984. The number of likely N-dealkylation sites (N-methyl/N-ethyl adjacent to an activating group) is 1. The van der Waals surface area contributed by atoms with Gasteiger partial charge >= 0.3 is 0 Å². The molecule has 0 aliphatic rings. The van der Waals surface area contributed by atoms with Crippen LogP contribution in [0.15, 0.2) is 0 Å². The molecule has 0 saturated heterocycles. The fourth-order valence-corrected chi connectivity index (χ4v) is 1.55. The molecule has 0 heterocycles. The predicted molar refractivity (Wildman–Crippen MR) is 63.8 cm³/mol. The molecular weight excluding hydrogens is 206 g/mol. The maximum Gasteiger partial charge on any atom is 0.235 e. The number of carbonyl (C=O) groups is 2. The van der Waals surface area contributed by atoms with E-state index in [-0.39, 0.29) is 12.3 Å². The first-order valence-corrected chi connectivity index (χ1v) is 5.81. The van der Waals surface area contributed by atoms with Crippen LogP contribution in [0.25, 0.3) is 0 Å². The quantitative estimate of drug-likeness (QED) is 0.620. The number of nitrogens with zero attached hydrogens (tertiary/aromatic N) is 1. The minimum Gasteiger partial charge on any atom is -0.368 e. The zero-order chi connectivity index (χ0) is 12.6. The molecule has 0 radical (unpaired) electrons. The first-order valence-electron chi connectivity index (χ1n) is 5.81. The van der Waals surface area contributed by atoms with Crippen LogP contribution in [0.3, 0.4) is 0 Å². The number of nitrogens with one attached hydrogen (secondary N) is 1. The minimum absolute atomic E-state index is 0.0122. The molecule has 5 nitrogen and oxygen atoms in total. The highest BCUT2D eigenvalue weighted by Gasteiger charge is 2.20. The number of carbonyl (C=O) groups excluding carboxylic acids is 2.